The highest BCUT2D eigenvalue weighted by molar-refractivity contribution is 5.76. The molecule has 1 heterocycles. The number of rotatable bonds is 7. The number of nitrogens with one attached hydrogen (secondary N) is 3. The summed E-state index contributed by atoms with van der Waals surface area (Å²) in [7, 11) is 0. The van der Waals surface area contributed by atoms with Crippen molar-refractivity contribution < 1.29 is 9.53 Å². The number of hydrogen-bond donors (Lipinski definition) is 3. The molecule has 0 radical (unpaired) electrons. The molecular weight excluding hydrogens is 266 g/mol. The van der Waals surface area contributed by atoms with Crippen LogP contribution in [0.2, 0.25) is 0 Å². The van der Waals surface area contributed by atoms with Crippen LogP contribution in [0.25, 0.3) is 0 Å². The van der Waals surface area contributed by atoms with Crippen molar-refractivity contribution in [1.29, 1.82) is 0 Å². The van der Waals surface area contributed by atoms with Crippen LogP contribution in [0, 0.1) is 5.92 Å². The van der Waals surface area contributed by atoms with Gasteiger partial charge < -0.3 is 20.7 Å². The molecule has 1 aliphatic heterocycles. The lowest BCUT2D eigenvalue weighted by Gasteiger charge is -2.33. The maximum absolute atomic E-state index is 11.8. The van der Waals surface area contributed by atoms with Gasteiger partial charge in [-0.25, -0.2) is 0 Å². The predicted octanol–water partition coefficient (Wildman–Crippen LogP) is 1.04. The van der Waals surface area contributed by atoms with Crippen LogP contribution in [-0.2, 0) is 9.53 Å². The van der Waals surface area contributed by atoms with Crippen molar-refractivity contribution in [3.8, 4) is 0 Å². The minimum Gasteiger partial charge on any atom is -0.379 e. The molecule has 5 nitrogen and oxygen atoms in total. The van der Waals surface area contributed by atoms with E-state index in [2.05, 4.69) is 22.9 Å². The Morgan fingerprint density at radius 3 is 3.00 bits per heavy atom. The zero-order chi connectivity index (χ0) is 15.1. The van der Waals surface area contributed by atoms with Crippen molar-refractivity contribution >= 4 is 5.91 Å². The monoisotopic (exact) mass is 297 g/mol. The van der Waals surface area contributed by atoms with Gasteiger partial charge in [-0.1, -0.05) is 13.3 Å². The molecule has 5 heteroatoms. The second-order valence-corrected chi connectivity index (χ2v) is 6.42. The van der Waals surface area contributed by atoms with Crippen LogP contribution >= 0.6 is 0 Å². The Balaban J connectivity index is 1.68. The molecule has 0 bridgehead atoms. The molecule has 1 amide bonds. The highest BCUT2D eigenvalue weighted by atomic mass is 16.5. The number of hydrogen-bond acceptors (Lipinski definition) is 4. The van der Waals surface area contributed by atoms with Gasteiger partial charge in [-0.05, 0) is 32.1 Å². The van der Waals surface area contributed by atoms with E-state index in [1.54, 1.807) is 0 Å². The standard InChI is InChI=1S/C16H31N3O2/c1-3-12(2)19-16(20)7-8-17-14-6-4-5-13(14)15-11-21-10-9-18-15/h12-15,17-18H,3-11H2,1-2H3,(H,19,20). The molecule has 4 unspecified atom stereocenters. The van der Waals surface area contributed by atoms with E-state index >= 15 is 0 Å². The summed E-state index contributed by atoms with van der Waals surface area (Å²) in [5, 5.41) is 10.2. The first-order valence-corrected chi connectivity index (χ1v) is 8.54. The first-order valence-electron chi connectivity index (χ1n) is 8.54. The van der Waals surface area contributed by atoms with Crippen LogP contribution in [0.4, 0.5) is 0 Å². The van der Waals surface area contributed by atoms with Gasteiger partial charge in [-0.15, -0.1) is 0 Å². The van der Waals surface area contributed by atoms with Gasteiger partial charge in [-0.3, -0.25) is 4.79 Å². The van der Waals surface area contributed by atoms with E-state index < -0.39 is 0 Å². The lowest BCUT2D eigenvalue weighted by molar-refractivity contribution is -0.121. The van der Waals surface area contributed by atoms with Crippen LogP contribution in [0.5, 0.6) is 0 Å². The summed E-state index contributed by atoms with van der Waals surface area (Å²) >= 11 is 0. The number of carbonyl (C=O) groups excluding carboxylic acids is 1. The third-order valence-electron chi connectivity index (χ3n) is 4.81. The molecule has 21 heavy (non-hydrogen) atoms. The Bertz CT molecular complexity index is 319. The van der Waals surface area contributed by atoms with Crippen molar-refractivity contribution in [3.63, 3.8) is 0 Å². The Morgan fingerprint density at radius 2 is 2.29 bits per heavy atom. The maximum atomic E-state index is 11.8. The third-order valence-corrected chi connectivity index (χ3v) is 4.81. The van der Waals surface area contributed by atoms with E-state index in [1.807, 2.05) is 6.92 Å². The zero-order valence-electron chi connectivity index (χ0n) is 13.5. The van der Waals surface area contributed by atoms with Crippen LogP contribution in [-0.4, -0.2) is 50.3 Å². The van der Waals surface area contributed by atoms with Gasteiger partial charge in [0, 0.05) is 37.6 Å². The van der Waals surface area contributed by atoms with E-state index in [4.69, 9.17) is 4.74 Å². The molecule has 0 aromatic heterocycles. The van der Waals surface area contributed by atoms with E-state index in [0.29, 0.717) is 24.4 Å². The Kier molecular flexibility index (Phi) is 6.93. The normalized spacial score (nSPS) is 31.0. The van der Waals surface area contributed by atoms with Crippen molar-refractivity contribution in [2.45, 2.75) is 64.1 Å². The SMILES string of the molecule is CCC(C)NC(=O)CCNC1CCCC1C1COCCN1. The molecule has 0 aromatic rings. The van der Waals surface area contributed by atoms with Crippen molar-refractivity contribution in [2.75, 3.05) is 26.3 Å². The fourth-order valence-corrected chi connectivity index (χ4v) is 3.40. The minimum absolute atomic E-state index is 0.158. The molecule has 1 aliphatic carbocycles. The van der Waals surface area contributed by atoms with Gasteiger partial charge in [0.15, 0.2) is 0 Å². The van der Waals surface area contributed by atoms with Gasteiger partial charge in [0.05, 0.1) is 13.2 Å². The molecule has 2 rings (SSSR count). The van der Waals surface area contributed by atoms with Gasteiger partial charge in [0.2, 0.25) is 5.91 Å². The second kappa shape index (κ2) is 8.71. The Morgan fingerprint density at radius 1 is 1.43 bits per heavy atom. The average Bonchev–Trinajstić information content (AvgIpc) is 2.96. The fraction of sp³-hybridized carbons (Fsp3) is 0.938. The molecular formula is C16H31N3O2. The molecule has 0 aromatic carbocycles. The second-order valence-electron chi connectivity index (χ2n) is 6.42. The smallest absolute Gasteiger partial charge is 0.221 e. The van der Waals surface area contributed by atoms with Crippen LogP contribution in [0.1, 0.15) is 46.0 Å². The van der Waals surface area contributed by atoms with E-state index in [1.165, 1.54) is 19.3 Å². The predicted molar refractivity (Wildman–Crippen MR) is 84.3 cm³/mol. The van der Waals surface area contributed by atoms with Gasteiger partial charge >= 0.3 is 0 Å². The average molecular weight is 297 g/mol. The summed E-state index contributed by atoms with van der Waals surface area (Å²) in [6, 6.07) is 1.29. The van der Waals surface area contributed by atoms with Gasteiger partial charge in [0.1, 0.15) is 0 Å². The summed E-state index contributed by atoms with van der Waals surface area (Å²) in [6.45, 7) is 7.54. The van der Waals surface area contributed by atoms with Crippen molar-refractivity contribution in [1.82, 2.24) is 16.0 Å². The summed E-state index contributed by atoms with van der Waals surface area (Å²) in [6.07, 6.45) is 5.31. The number of ether oxygens (including phenoxy) is 1. The number of carbonyl (C=O) groups is 1. The van der Waals surface area contributed by atoms with Crippen molar-refractivity contribution in [3.05, 3.63) is 0 Å². The largest absolute Gasteiger partial charge is 0.379 e. The molecule has 1 saturated carbocycles. The molecule has 4 atom stereocenters. The first-order chi connectivity index (χ1) is 10.2. The Labute approximate surface area is 128 Å². The van der Waals surface area contributed by atoms with Crippen LogP contribution in [0.15, 0.2) is 0 Å². The molecule has 0 spiro atoms. The van der Waals surface area contributed by atoms with Crippen molar-refractivity contribution in [2.24, 2.45) is 5.92 Å². The lowest BCUT2D eigenvalue weighted by Crippen LogP contribution is -2.51. The highest BCUT2D eigenvalue weighted by Gasteiger charge is 2.34. The Hall–Kier alpha value is -0.650. The van der Waals surface area contributed by atoms with Crippen LogP contribution in [0.3, 0.4) is 0 Å². The molecule has 1 saturated heterocycles. The summed E-state index contributed by atoms with van der Waals surface area (Å²) in [5.41, 5.74) is 0. The number of morpholine rings is 1. The topological polar surface area (TPSA) is 62.4 Å². The lowest BCUT2D eigenvalue weighted by atomic mass is 9.94. The van der Waals surface area contributed by atoms with Gasteiger partial charge in [-0.2, -0.15) is 0 Å². The highest BCUT2D eigenvalue weighted by Crippen LogP contribution is 2.29. The zero-order valence-corrected chi connectivity index (χ0v) is 13.5. The first kappa shape index (κ1) is 16.7. The molecule has 2 fully saturated rings. The van der Waals surface area contributed by atoms with Crippen LogP contribution < -0.4 is 16.0 Å². The fourth-order valence-electron chi connectivity index (χ4n) is 3.40. The van der Waals surface area contributed by atoms with E-state index in [0.717, 1.165) is 32.7 Å². The molecule has 3 N–H and O–H groups in total. The molecule has 2 aliphatic rings. The summed E-state index contributed by atoms with van der Waals surface area (Å²) in [4.78, 5) is 11.8. The quantitative estimate of drug-likeness (QED) is 0.657. The third kappa shape index (κ3) is 5.24. The minimum atomic E-state index is 0.158. The molecule has 122 valence electrons. The van der Waals surface area contributed by atoms with Gasteiger partial charge in [0.25, 0.3) is 0 Å². The maximum Gasteiger partial charge on any atom is 0.221 e. The summed E-state index contributed by atoms with van der Waals surface area (Å²) < 4.78 is 5.59. The number of amides is 1. The van der Waals surface area contributed by atoms with E-state index in [-0.39, 0.29) is 11.9 Å². The summed E-state index contributed by atoms with van der Waals surface area (Å²) in [5.74, 6) is 0.799. The van der Waals surface area contributed by atoms with E-state index in [9.17, 15) is 4.79 Å².